The summed E-state index contributed by atoms with van der Waals surface area (Å²) in [7, 11) is -0.948. The first-order valence-electron chi connectivity index (χ1n) is 11.8. The lowest BCUT2D eigenvalue weighted by Gasteiger charge is -2.23. The molecule has 39 heavy (non-hydrogen) atoms. The Kier molecular flexibility index (Phi) is 10.4. The lowest BCUT2D eigenvalue weighted by molar-refractivity contribution is -0.119. The van der Waals surface area contributed by atoms with Gasteiger partial charge in [0.15, 0.2) is 11.5 Å². The van der Waals surface area contributed by atoms with Crippen molar-refractivity contribution in [2.24, 2.45) is 5.10 Å². The van der Waals surface area contributed by atoms with Crippen molar-refractivity contribution >= 4 is 39.4 Å². The molecule has 12 heteroatoms. The molecule has 208 valence electrons. The van der Waals surface area contributed by atoms with Crippen molar-refractivity contribution < 1.29 is 32.2 Å². The predicted octanol–water partition coefficient (Wildman–Crippen LogP) is 4.25. The van der Waals surface area contributed by atoms with E-state index in [1.54, 1.807) is 36.4 Å². The van der Waals surface area contributed by atoms with E-state index in [1.807, 2.05) is 19.1 Å². The summed E-state index contributed by atoms with van der Waals surface area (Å²) in [6.07, 6.45) is 2.42. The number of nitrogens with zero attached hydrogens (tertiary/aromatic N) is 2. The summed E-state index contributed by atoms with van der Waals surface area (Å²) >= 11 is 5.93. The van der Waals surface area contributed by atoms with Crippen LogP contribution in [-0.2, 0) is 21.4 Å². The van der Waals surface area contributed by atoms with Gasteiger partial charge in [-0.25, -0.2) is 13.8 Å². The van der Waals surface area contributed by atoms with Gasteiger partial charge in [0.2, 0.25) is 10.0 Å². The van der Waals surface area contributed by atoms with Gasteiger partial charge in [-0.2, -0.15) is 5.10 Å². The number of carbonyl (C=O) groups excluding carboxylic acids is 1. The number of halogens is 1. The Balaban J connectivity index is 1.68. The van der Waals surface area contributed by atoms with E-state index in [0.717, 1.165) is 16.1 Å². The summed E-state index contributed by atoms with van der Waals surface area (Å²) in [4.78, 5) is 12.6. The fourth-order valence-electron chi connectivity index (χ4n) is 3.45. The van der Waals surface area contributed by atoms with Crippen molar-refractivity contribution in [3.63, 3.8) is 0 Å². The molecule has 0 aromatic heterocycles. The standard InChI is InChI=1S/C27H30ClN3O7S/c1-5-37-26-14-20(8-13-24(26)38-18-19-6-9-21(28)10-7-19)16-29-30-27(32)17-31(39(4,33)34)23-12-11-22(35-2)15-25(23)36-3/h6-16H,5,17-18H2,1-4H3,(H,30,32)/b29-16-. The minimum absolute atomic E-state index is 0.190. The van der Waals surface area contributed by atoms with Crippen LogP contribution in [0.4, 0.5) is 5.69 Å². The van der Waals surface area contributed by atoms with Gasteiger partial charge in [-0.3, -0.25) is 9.10 Å². The van der Waals surface area contributed by atoms with Crippen molar-refractivity contribution in [1.82, 2.24) is 5.43 Å². The van der Waals surface area contributed by atoms with Crippen LogP contribution in [0.15, 0.2) is 65.8 Å². The van der Waals surface area contributed by atoms with Gasteiger partial charge in [0.25, 0.3) is 5.91 Å². The third-order valence-electron chi connectivity index (χ3n) is 5.32. The molecule has 0 fully saturated rings. The number of anilines is 1. The molecule has 3 rings (SSSR count). The van der Waals surface area contributed by atoms with E-state index in [-0.39, 0.29) is 11.4 Å². The third kappa shape index (κ3) is 8.52. The Bertz CT molecular complexity index is 1410. The summed E-state index contributed by atoms with van der Waals surface area (Å²) in [6.45, 7) is 2.09. The molecule has 1 N–H and O–H groups in total. The normalized spacial score (nSPS) is 11.2. The number of carbonyl (C=O) groups is 1. The first kappa shape index (κ1) is 29.6. The van der Waals surface area contributed by atoms with E-state index < -0.39 is 22.5 Å². The van der Waals surface area contributed by atoms with E-state index in [2.05, 4.69) is 10.5 Å². The molecular weight excluding hydrogens is 546 g/mol. The molecule has 0 aliphatic carbocycles. The third-order valence-corrected chi connectivity index (χ3v) is 6.70. The Morgan fingerprint density at radius 1 is 0.974 bits per heavy atom. The van der Waals surface area contributed by atoms with Crippen molar-refractivity contribution in [1.29, 1.82) is 0 Å². The summed E-state index contributed by atoms with van der Waals surface area (Å²) in [5, 5.41) is 4.61. The highest BCUT2D eigenvalue weighted by Gasteiger charge is 2.24. The minimum atomic E-state index is -3.82. The number of methoxy groups -OCH3 is 2. The maximum atomic E-state index is 12.6. The topological polar surface area (TPSA) is 116 Å². The van der Waals surface area contributed by atoms with E-state index >= 15 is 0 Å². The van der Waals surface area contributed by atoms with Crippen LogP contribution in [0.2, 0.25) is 5.02 Å². The van der Waals surface area contributed by atoms with Crippen molar-refractivity contribution in [2.45, 2.75) is 13.5 Å². The first-order chi connectivity index (χ1) is 18.6. The first-order valence-corrected chi connectivity index (χ1v) is 14.0. The summed E-state index contributed by atoms with van der Waals surface area (Å²) in [6, 6.07) is 17.2. The Hall–Kier alpha value is -3.96. The van der Waals surface area contributed by atoms with Gasteiger partial charge in [-0.15, -0.1) is 0 Å². The van der Waals surface area contributed by atoms with Crippen LogP contribution in [0.5, 0.6) is 23.0 Å². The van der Waals surface area contributed by atoms with Gasteiger partial charge >= 0.3 is 0 Å². The molecule has 3 aromatic carbocycles. The molecule has 1 amide bonds. The molecule has 10 nitrogen and oxygen atoms in total. The van der Waals surface area contributed by atoms with Gasteiger partial charge in [-0.1, -0.05) is 23.7 Å². The quantitative estimate of drug-likeness (QED) is 0.239. The number of rotatable bonds is 13. The molecule has 0 aliphatic rings. The summed E-state index contributed by atoms with van der Waals surface area (Å²) in [5.74, 6) is 1.12. The number of hydrazone groups is 1. The SMILES string of the molecule is CCOc1cc(/C=N\NC(=O)CN(c2ccc(OC)cc2OC)S(C)(=O)=O)ccc1OCc1ccc(Cl)cc1. The van der Waals surface area contributed by atoms with Crippen molar-refractivity contribution in [2.75, 3.05) is 37.9 Å². The molecule has 0 radical (unpaired) electrons. The summed E-state index contributed by atoms with van der Waals surface area (Å²) in [5.41, 5.74) is 4.13. The van der Waals surface area contributed by atoms with Gasteiger partial charge in [0.1, 0.15) is 24.7 Å². The van der Waals surface area contributed by atoms with Crippen molar-refractivity contribution in [3.8, 4) is 23.0 Å². The molecule has 3 aromatic rings. The molecule has 0 saturated heterocycles. The Morgan fingerprint density at radius 3 is 2.36 bits per heavy atom. The lowest BCUT2D eigenvalue weighted by atomic mass is 10.2. The molecule has 0 unspecified atom stereocenters. The number of hydrogen-bond donors (Lipinski definition) is 1. The number of benzene rings is 3. The highest BCUT2D eigenvalue weighted by molar-refractivity contribution is 7.92. The van der Waals surface area contributed by atoms with Crippen LogP contribution in [-0.4, -0.2) is 54.2 Å². The maximum Gasteiger partial charge on any atom is 0.260 e. The average Bonchev–Trinajstić information content (AvgIpc) is 2.91. The molecule has 0 aliphatic heterocycles. The smallest absolute Gasteiger partial charge is 0.260 e. The molecule has 0 saturated carbocycles. The molecular formula is C27H30ClN3O7S. The fourth-order valence-corrected chi connectivity index (χ4v) is 4.44. The van der Waals surface area contributed by atoms with Gasteiger partial charge in [0.05, 0.1) is 39.0 Å². The largest absolute Gasteiger partial charge is 0.497 e. The number of sulfonamides is 1. The van der Waals surface area contributed by atoms with Crippen molar-refractivity contribution in [3.05, 3.63) is 76.8 Å². The van der Waals surface area contributed by atoms with E-state index in [1.165, 1.54) is 32.6 Å². The fraction of sp³-hybridized carbons (Fsp3) is 0.259. The van der Waals surface area contributed by atoms with Crippen LogP contribution in [0, 0.1) is 0 Å². The van der Waals surface area contributed by atoms with E-state index in [0.29, 0.717) is 41.0 Å². The van der Waals surface area contributed by atoms with Crippen LogP contribution >= 0.6 is 11.6 Å². The predicted molar refractivity (Wildman–Crippen MR) is 151 cm³/mol. The minimum Gasteiger partial charge on any atom is -0.497 e. The van der Waals surface area contributed by atoms with Crippen LogP contribution in [0.1, 0.15) is 18.1 Å². The van der Waals surface area contributed by atoms with Crippen LogP contribution in [0.25, 0.3) is 0 Å². The van der Waals surface area contributed by atoms with Crippen LogP contribution in [0.3, 0.4) is 0 Å². The van der Waals surface area contributed by atoms with Gasteiger partial charge < -0.3 is 18.9 Å². The Labute approximate surface area is 233 Å². The Morgan fingerprint density at radius 2 is 1.72 bits per heavy atom. The zero-order valence-corrected chi connectivity index (χ0v) is 23.6. The van der Waals surface area contributed by atoms with Crippen LogP contribution < -0.4 is 28.7 Å². The zero-order chi connectivity index (χ0) is 28.4. The second kappa shape index (κ2) is 13.7. The molecule has 0 bridgehead atoms. The monoisotopic (exact) mass is 575 g/mol. The molecule has 0 atom stereocenters. The van der Waals surface area contributed by atoms with Gasteiger partial charge in [0, 0.05) is 11.1 Å². The number of ether oxygens (including phenoxy) is 4. The number of amides is 1. The zero-order valence-electron chi connectivity index (χ0n) is 22.0. The van der Waals surface area contributed by atoms with E-state index in [4.69, 9.17) is 30.5 Å². The van der Waals surface area contributed by atoms with Gasteiger partial charge in [-0.05, 0) is 60.5 Å². The highest BCUT2D eigenvalue weighted by atomic mass is 35.5. The highest BCUT2D eigenvalue weighted by Crippen LogP contribution is 2.33. The second-order valence-electron chi connectivity index (χ2n) is 8.15. The average molecular weight is 576 g/mol. The summed E-state index contributed by atoms with van der Waals surface area (Å²) < 4.78 is 47.9. The lowest BCUT2D eigenvalue weighted by Crippen LogP contribution is -2.39. The second-order valence-corrected chi connectivity index (χ2v) is 10.5. The molecule has 0 spiro atoms. The number of hydrogen-bond acceptors (Lipinski definition) is 8. The molecule has 0 heterocycles. The van der Waals surface area contributed by atoms with E-state index in [9.17, 15) is 13.2 Å². The maximum absolute atomic E-state index is 12.6. The number of nitrogens with one attached hydrogen (secondary N) is 1.